The van der Waals surface area contributed by atoms with Crippen molar-refractivity contribution in [2.24, 2.45) is 0 Å². The molecule has 42 heavy (non-hydrogen) atoms. The lowest BCUT2D eigenvalue weighted by Gasteiger charge is -2.33. The standard InChI is InChI=1S/C31H35Cl2N3O5S/c1-21-12-15-26(16-13-21)42(39,40)36(28-18-24(32)14-17-29(28)41-3)20-30(37)35(19-23-8-4-7-11-27(23)33)22(2)31(38)34-25-9-5-6-10-25/h4,7-8,11-18,22,25H,5-6,9-10,19-20H2,1-3H3,(H,34,38)/t22-/m1/s1. The van der Waals surface area contributed by atoms with Gasteiger partial charge in [-0.25, -0.2) is 8.42 Å². The number of hydrogen-bond acceptors (Lipinski definition) is 5. The smallest absolute Gasteiger partial charge is 0.264 e. The van der Waals surface area contributed by atoms with Gasteiger partial charge in [0, 0.05) is 22.6 Å². The van der Waals surface area contributed by atoms with E-state index in [9.17, 15) is 18.0 Å². The third-order valence-electron chi connectivity index (χ3n) is 7.46. The first kappa shape index (κ1) is 31.7. The van der Waals surface area contributed by atoms with Gasteiger partial charge in [0.05, 0.1) is 17.7 Å². The molecule has 0 aliphatic heterocycles. The van der Waals surface area contributed by atoms with Crippen LogP contribution < -0.4 is 14.4 Å². The minimum Gasteiger partial charge on any atom is -0.495 e. The van der Waals surface area contributed by atoms with Gasteiger partial charge in [0.15, 0.2) is 0 Å². The summed E-state index contributed by atoms with van der Waals surface area (Å²) in [7, 11) is -2.87. The van der Waals surface area contributed by atoms with Crippen LogP contribution >= 0.6 is 23.2 Å². The highest BCUT2D eigenvalue weighted by molar-refractivity contribution is 7.92. The summed E-state index contributed by atoms with van der Waals surface area (Å²) in [5, 5.41) is 3.74. The Kier molecular flexibility index (Phi) is 10.4. The van der Waals surface area contributed by atoms with E-state index in [-0.39, 0.29) is 39.8 Å². The lowest BCUT2D eigenvalue weighted by atomic mass is 10.1. The maximum atomic E-state index is 14.2. The van der Waals surface area contributed by atoms with Gasteiger partial charge >= 0.3 is 0 Å². The fourth-order valence-corrected chi connectivity index (χ4v) is 6.77. The Bertz CT molecular complexity index is 1530. The summed E-state index contributed by atoms with van der Waals surface area (Å²) in [6.07, 6.45) is 3.84. The number of hydrogen-bond donors (Lipinski definition) is 1. The van der Waals surface area contributed by atoms with Crippen LogP contribution in [0.25, 0.3) is 0 Å². The Balaban J connectivity index is 1.75. The van der Waals surface area contributed by atoms with E-state index >= 15 is 0 Å². The lowest BCUT2D eigenvalue weighted by molar-refractivity contribution is -0.139. The van der Waals surface area contributed by atoms with Crippen LogP contribution in [-0.2, 0) is 26.2 Å². The maximum Gasteiger partial charge on any atom is 0.264 e. The molecule has 3 aromatic rings. The molecule has 0 saturated heterocycles. The number of nitrogens with one attached hydrogen (secondary N) is 1. The average Bonchev–Trinajstić information content (AvgIpc) is 3.48. The molecule has 1 fully saturated rings. The van der Waals surface area contributed by atoms with Gasteiger partial charge in [-0.1, -0.05) is 71.9 Å². The summed E-state index contributed by atoms with van der Waals surface area (Å²) in [5.74, 6) is -0.690. The number of methoxy groups -OCH3 is 1. The van der Waals surface area contributed by atoms with Crippen molar-refractivity contribution in [2.45, 2.75) is 63.1 Å². The van der Waals surface area contributed by atoms with Gasteiger partial charge in [-0.05, 0) is 68.7 Å². The molecular weight excluding hydrogens is 597 g/mol. The van der Waals surface area contributed by atoms with Crippen LogP contribution in [0.1, 0.15) is 43.7 Å². The number of aryl methyl sites for hydroxylation is 1. The second kappa shape index (κ2) is 13.8. The number of anilines is 1. The molecule has 1 saturated carbocycles. The van der Waals surface area contributed by atoms with E-state index in [0.717, 1.165) is 35.6 Å². The number of sulfonamides is 1. The number of benzene rings is 3. The van der Waals surface area contributed by atoms with Crippen molar-refractivity contribution in [1.82, 2.24) is 10.2 Å². The van der Waals surface area contributed by atoms with Crippen molar-refractivity contribution in [3.63, 3.8) is 0 Å². The Morgan fingerprint density at radius 1 is 1.02 bits per heavy atom. The molecule has 0 radical (unpaired) electrons. The Morgan fingerprint density at radius 2 is 1.69 bits per heavy atom. The molecule has 1 aliphatic carbocycles. The summed E-state index contributed by atoms with van der Waals surface area (Å²) >= 11 is 12.7. The molecule has 0 spiro atoms. The van der Waals surface area contributed by atoms with Crippen molar-refractivity contribution in [2.75, 3.05) is 18.0 Å². The van der Waals surface area contributed by atoms with Gasteiger partial charge in [0.2, 0.25) is 11.8 Å². The lowest BCUT2D eigenvalue weighted by Crippen LogP contribution is -2.52. The number of amides is 2. The van der Waals surface area contributed by atoms with Gasteiger partial charge in [-0.2, -0.15) is 0 Å². The third-order valence-corrected chi connectivity index (χ3v) is 9.84. The first-order valence-electron chi connectivity index (χ1n) is 13.8. The quantitative estimate of drug-likeness (QED) is 0.281. The van der Waals surface area contributed by atoms with E-state index in [0.29, 0.717) is 10.6 Å². The van der Waals surface area contributed by atoms with Crippen molar-refractivity contribution in [3.8, 4) is 5.75 Å². The van der Waals surface area contributed by atoms with Crippen LogP contribution in [0.5, 0.6) is 5.75 Å². The molecular formula is C31H35Cl2N3O5S. The van der Waals surface area contributed by atoms with E-state index in [4.69, 9.17) is 27.9 Å². The summed E-state index contributed by atoms with van der Waals surface area (Å²) in [6, 6.07) is 17.1. The van der Waals surface area contributed by atoms with Crippen LogP contribution in [0.3, 0.4) is 0 Å². The van der Waals surface area contributed by atoms with Gasteiger partial charge in [-0.15, -0.1) is 0 Å². The van der Waals surface area contributed by atoms with E-state index in [2.05, 4.69) is 5.32 Å². The zero-order valence-electron chi connectivity index (χ0n) is 23.8. The average molecular weight is 633 g/mol. The van der Waals surface area contributed by atoms with E-state index in [1.165, 1.54) is 30.2 Å². The van der Waals surface area contributed by atoms with E-state index in [1.54, 1.807) is 55.5 Å². The highest BCUT2D eigenvalue weighted by Crippen LogP contribution is 2.35. The molecule has 4 rings (SSSR count). The fourth-order valence-electron chi connectivity index (χ4n) is 4.99. The molecule has 1 N–H and O–H groups in total. The highest BCUT2D eigenvalue weighted by atomic mass is 35.5. The topological polar surface area (TPSA) is 96.0 Å². The minimum atomic E-state index is -4.27. The number of rotatable bonds is 11. The largest absolute Gasteiger partial charge is 0.495 e. The number of carbonyl (C=O) groups is 2. The van der Waals surface area contributed by atoms with Crippen LogP contribution in [0, 0.1) is 6.92 Å². The zero-order valence-corrected chi connectivity index (χ0v) is 26.2. The second-order valence-corrected chi connectivity index (χ2v) is 13.1. The summed E-state index contributed by atoms with van der Waals surface area (Å²) in [5.41, 5.74) is 1.60. The fraction of sp³-hybridized carbons (Fsp3) is 0.355. The molecule has 1 atom stereocenters. The molecule has 1 aliphatic rings. The Hall–Kier alpha value is -3.27. The minimum absolute atomic E-state index is 0.00284. The SMILES string of the molecule is COc1ccc(Cl)cc1N(CC(=O)N(Cc1ccccc1Cl)[C@H](C)C(=O)NC1CCCC1)S(=O)(=O)c1ccc(C)cc1. The normalized spacial score (nSPS) is 14.3. The molecule has 0 unspecified atom stereocenters. The molecule has 3 aromatic carbocycles. The maximum absolute atomic E-state index is 14.2. The molecule has 0 heterocycles. The van der Waals surface area contributed by atoms with Gasteiger partial charge in [0.25, 0.3) is 10.0 Å². The van der Waals surface area contributed by atoms with Crippen molar-refractivity contribution >= 4 is 50.7 Å². The van der Waals surface area contributed by atoms with Crippen LogP contribution in [0.15, 0.2) is 71.6 Å². The Morgan fingerprint density at radius 3 is 2.33 bits per heavy atom. The van der Waals surface area contributed by atoms with E-state index < -0.39 is 28.5 Å². The predicted molar refractivity (Wildman–Crippen MR) is 166 cm³/mol. The second-order valence-electron chi connectivity index (χ2n) is 10.4. The molecule has 224 valence electrons. The van der Waals surface area contributed by atoms with Crippen LogP contribution in [0.2, 0.25) is 10.0 Å². The third kappa shape index (κ3) is 7.38. The number of carbonyl (C=O) groups excluding carboxylic acids is 2. The molecule has 11 heteroatoms. The van der Waals surface area contributed by atoms with Crippen molar-refractivity contribution in [3.05, 3.63) is 87.9 Å². The van der Waals surface area contributed by atoms with E-state index in [1.807, 2.05) is 6.92 Å². The van der Waals surface area contributed by atoms with Crippen molar-refractivity contribution < 1.29 is 22.7 Å². The summed E-state index contributed by atoms with van der Waals surface area (Å²) < 4.78 is 34.6. The molecule has 2 amide bonds. The number of nitrogens with zero attached hydrogens (tertiary/aromatic N) is 2. The van der Waals surface area contributed by atoms with Crippen molar-refractivity contribution in [1.29, 1.82) is 0 Å². The predicted octanol–water partition coefficient (Wildman–Crippen LogP) is 5.98. The highest BCUT2D eigenvalue weighted by Gasteiger charge is 2.34. The zero-order chi connectivity index (χ0) is 30.4. The molecule has 0 aromatic heterocycles. The van der Waals surface area contributed by atoms with Crippen LogP contribution in [-0.4, -0.2) is 50.9 Å². The number of ether oxygens (including phenoxy) is 1. The molecule has 0 bridgehead atoms. The Labute approximate surface area is 257 Å². The molecule has 8 nitrogen and oxygen atoms in total. The number of halogens is 2. The van der Waals surface area contributed by atoms with Gasteiger partial charge < -0.3 is 15.0 Å². The monoisotopic (exact) mass is 631 g/mol. The summed E-state index contributed by atoms with van der Waals surface area (Å²) in [6.45, 7) is 2.88. The van der Waals surface area contributed by atoms with Gasteiger partial charge in [0.1, 0.15) is 18.3 Å². The first-order valence-corrected chi connectivity index (χ1v) is 16.0. The first-order chi connectivity index (χ1) is 20.0. The van der Waals surface area contributed by atoms with Crippen LogP contribution in [0.4, 0.5) is 5.69 Å². The summed E-state index contributed by atoms with van der Waals surface area (Å²) in [4.78, 5) is 28.9. The van der Waals surface area contributed by atoms with Gasteiger partial charge in [-0.3, -0.25) is 13.9 Å².